The molecule has 0 saturated heterocycles. The van der Waals surface area contributed by atoms with E-state index in [4.69, 9.17) is 10.5 Å². The minimum Gasteiger partial charge on any atom is -0.381 e. The van der Waals surface area contributed by atoms with Crippen molar-refractivity contribution >= 4 is 6.29 Å². The first-order valence-corrected chi connectivity index (χ1v) is 10.6. The van der Waals surface area contributed by atoms with E-state index in [1.807, 2.05) is 0 Å². The van der Waals surface area contributed by atoms with Gasteiger partial charge in [0, 0.05) is 7.11 Å². The van der Waals surface area contributed by atoms with Gasteiger partial charge in [0.2, 0.25) is 0 Å². The summed E-state index contributed by atoms with van der Waals surface area (Å²) in [6, 6.07) is 17.8. The second-order valence-electron chi connectivity index (χ2n) is 7.45. The molecule has 0 spiro atoms. The van der Waals surface area contributed by atoms with E-state index in [1.54, 1.807) is 14.0 Å². The number of hydrogen-bond donors (Lipinski definition) is 1. The molecular weight excluding hydrogens is 358 g/mol. The maximum Gasteiger partial charge on any atom is 0.145 e. The molecule has 3 nitrogen and oxygen atoms in total. The van der Waals surface area contributed by atoms with Gasteiger partial charge < -0.3 is 10.5 Å². The van der Waals surface area contributed by atoms with Crippen LogP contribution in [0.4, 0.5) is 0 Å². The molecule has 29 heavy (non-hydrogen) atoms. The first-order chi connectivity index (χ1) is 14.0. The third-order valence-electron chi connectivity index (χ3n) is 4.80. The zero-order valence-corrected chi connectivity index (χ0v) is 18.3. The molecule has 158 valence electrons. The van der Waals surface area contributed by atoms with Crippen molar-refractivity contribution in [3.63, 3.8) is 0 Å². The lowest BCUT2D eigenvalue weighted by molar-refractivity contribution is -0.104. The summed E-state index contributed by atoms with van der Waals surface area (Å²) >= 11 is 0. The lowest BCUT2D eigenvalue weighted by Gasteiger charge is -2.14. The molecule has 2 aromatic carbocycles. The first kappa shape index (κ1) is 24.8. The normalized spacial score (nSPS) is 11.3. The number of nitrogens with two attached hydrogens (primary N) is 1. The Morgan fingerprint density at radius 3 is 1.97 bits per heavy atom. The van der Waals surface area contributed by atoms with Crippen molar-refractivity contribution in [2.75, 3.05) is 13.7 Å². The predicted molar refractivity (Wildman–Crippen MR) is 124 cm³/mol. The number of allylic oxidation sites excluding steroid dienone is 1. The van der Waals surface area contributed by atoms with Crippen molar-refractivity contribution in [3.8, 4) is 11.1 Å². The summed E-state index contributed by atoms with van der Waals surface area (Å²) in [5.41, 5.74) is 11.5. The molecule has 2 N–H and O–H groups in total. The lowest BCUT2D eigenvalue weighted by atomic mass is 9.99. The Kier molecular flexibility index (Phi) is 12.6. The summed E-state index contributed by atoms with van der Waals surface area (Å²) in [6.45, 7) is 7.88. The molecule has 0 aliphatic carbocycles. The fourth-order valence-corrected chi connectivity index (χ4v) is 3.03. The number of rotatable bonds is 11. The Bertz CT molecular complexity index is 704. The summed E-state index contributed by atoms with van der Waals surface area (Å²) in [7, 11) is 1.76. The fraction of sp³-hybridized carbons (Fsp3) is 0.423. The van der Waals surface area contributed by atoms with Crippen LogP contribution in [0.3, 0.4) is 0 Å². The molecule has 0 radical (unpaired) electrons. The molecule has 2 rings (SSSR count). The Morgan fingerprint density at radius 1 is 1.03 bits per heavy atom. The van der Waals surface area contributed by atoms with E-state index >= 15 is 0 Å². The number of methoxy groups -OCH3 is 1. The van der Waals surface area contributed by atoms with Gasteiger partial charge in [0.05, 0.1) is 6.10 Å². The van der Waals surface area contributed by atoms with Crippen molar-refractivity contribution in [1.29, 1.82) is 0 Å². The zero-order chi connectivity index (χ0) is 21.5. The highest BCUT2D eigenvalue weighted by molar-refractivity contribution is 5.70. The van der Waals surface area contributed by atoms with Crippen LogP contribution in [0, 0.1) is 0 Å². The van der Waals surface area contributed by atoms with Crippen LogP contribution in [0.15, 0.2) is 60.7 Å². The largest absolute Gasteiger partial charge is 0.381 e. The van der Waals surface area contributed by atoms with E-state index in [0.29, 0.717) is 12.1 Å². The van der Waals surface area contributed by atoms with Gasteiger partial charge in [-0.25, -0.2) is 0 Å². The van der Waals surface area contributed by atoms with Gasteiger partial charge in [-0.3, -0.25) is 4.79 Å². The Hall–Kier alpha value is -2.23. The van der Waals surface area contributed by atoms with Gasteiger partial charge in [-0.2, -0.15) is 0 Å². The van der Waals surface area contributed by atoms with Crippen LogP contribution in [0.5, 0.6) is 0 Å². The highest BCUT2D eigenvalue weighted by Crippen LogP contribution is 2.22. The van der Waals surface area contributed by atoms with Crippen LogP contribution < -0.4 is 5.73 Å². The standard InChI is InChI=1S/C22H31NO.C4H6O/c1-3-4-5-6-18-7-11-20(12-8-18)21-13-9-19(10-14-21)17-22(24-2)15-16-23;1-4(2)3-5/h7-14,22H,3-6,15-17,23H2,1-2H3;3H,1H2,2H3. The van der Waals surface area contributed by atoms with Crippen LogP contribution in [0.25, 0.3) is 11.1 Å². The van der Waals surface area contributed by atoms with Crippen LogP contribution in [-0.2, 0) is 22.4 Å². The molecule has 2 aromatic rings. The van der Waals surface area contributed by atoms with Gasteiger partial charge in [0.25, 0.3) is 0 Å². The Morgan fingerprint density at radius 2 is 1.55 bits per heavy atom. The number of carbonyl (C=O) groups excluding carboxylic acids is 1. The van der Waals surface area contributed by atoms with E-state index in [2.05, 4.69) is 62.0 Å². The number of hydrogen-bond acceptors (Lipinski definition) is 3. The maximum absolute atomic E-state index is 9.41. The molecule has 1 unspecified atom stereocenters. The number of benzene rings is 2. The van der Waals surface area contributed by atoms with Crippen molar-refractivity contribution < 1.29 is 9.53 Å². The van der Waals surface area contributed by atoms with Gasteiger partial charge in [-0.1, -0.05) is 74.9 Å². The SMILES string of the molecule is C=C(C)C=O.CCCCCc1ccc(-c2ccc(CC(CCN)OC)cc2)cc1. The van der Waals surface area contributed by atoms with E-state index in [0.717, 1.165) is 19.1 Å². The third-order valence-corrected chi connectivity index (χ3v) is 4.80. The van der Waals surface area contributed by atoms with Gasteiger partial charge in [-0.15, -0.1) is 0 Å². The molecule has 0 fully saturated rings. The molecule has 0 saturated carbocycles. The van der Waals surface area contributed by atoms with Crippen LogP contribution in [0.1, 0.15) is 50.7 Å². The fourth-order valence-electron chi connectivity index (χ4n) is 3.03. The van der Waals surface area contributed by atoms with Crippen molar-refractivity contribution in [2.24, 2.45) is 5.73 Å². The molecule has 0 aliphatic rings. The second kappa shape index (κ2) is 14.7. The molecule has 0 aromatic heterocycles. The quantitative estimate of drug-likeness (QED) is 0.299. The number of unbranched alkanes of at least 4 members (excludes halogenated alkanes) is 2. The Labute approximate surface area is 177 Å². The minimum absolute atomic E-state index is 0.211. The highest BCUT2D eigenvalue weighted by atomic mass is 16.5. The van der Waals surface area contributed by atoms with Gasteiger partial charge in [0.15, 0.2) is 0 Å². The van der Waals surface area contributed by atoms with Crippen LogP contribution in [-0.4, -0.2) is 26.0 Å². The monoisotopic (exact) mass is 395 g/mol. The lowest BCUT2D eigenvalue weighted by Crippen LogP contribution is -2.18. The summed E-state index contributed by atoms with van der Waals surface area (Å²) in [6.07, 6.45) is 7.82. The predicted octanol–water partition coefficient (Wildman–Crippen LogP) is 5.75. The topological polar surface area (TPSA) is 52.3 Å². The molecule has 0 amide bonds. The number of aryl methyl sites for hydroxylation is 1. The summed E-state index contributed by atoms with van der Waals surface area (Å²) in [5, 5.41) is 0. The van der Waals surface area contributed by atoms with Crippen molar-refractivity contribution in [3.05, 3.63) is 71.8 Å². The van der Waals surface area contributed by atoms with Crippen LogP contribution >= 0.6 is 0 Å². The number of ether oxygens (including phenoxy) is 1. The van der Waals surface area contributed by atoms with Crippen LogP contribution in [0.2, 0.25) is 0 Å². The minimum atomic E-state index is 0.211. The summed E-state index contributed by atoms with van der Waals surface area (Å²) < 4.78 is 5.48. The summed E-state index contributed by atoms with van der Waals surface area (Å²) in [5.74, 6) is 0. The maximum atomic E-state index is 9.41. The number of aldehydes is 1. The first-order valence-electron chi connectivity index (χ1n) is 10.6. The van der Waals surface area contributed by atoms with Crippen molar-refractivity contribution in [2.45, 2.75) is 58.5 Å². The van der Waals surface area contributed by atoms with E-state index in [1.165, 1.54) is 47.9 Å². The molecule has 0 aliphatic heterocycles. The van der Waals surface area contributed by atoms with E-state index in [-0.39, 0.29) is 6.10 Å². The molecule has 3 heteroatoms. The molecule has 1 atom stereocenters. The zero-order valence-electron chi connectivity index (χ0n) is 18.3. The van der Waals surface area contributed by atoms with Gasteiger partial charge in [0.1, 0.15) is 6.29 Å². The molecule has 0 bridgehead atoms. The average Bonchev–Trinajstić information content (AvgIpc) is 2.75. The molecular formula is C26H37NO2. The van der Waals surface area contributed by atoms with Gasteiger partial charge in [-0.05, 0) is 67.0 Å². The average molecular weight is 396 g/mol. The highest BCUT2D eigenvalue weighted by Gasteiger charge is 2.07. The Balaban J connectivity index is 0.000000749. The van der Waals surface area contributed by atoms with Gasteiger partial charge >= 0.3 is 0 Å². The second-order valence-corrected chi connectivity index (χ2v) is 7.45. The van der Waals surface area contributed by atoms with E-state index < -0.39 is 0 Å². The van der Waals surface area contributed by atoms with E-state index in [9.17, 15) is 4.79 Å². The summed E-state index contributed by atoms with van der Waals surface area (Å²) in [4.78, 5) is 9.41. The van der Waals surface area contributed by atoms with Crippen molar-refractivity contribution in [1.82, 2.24) is 0 Å². The molecule has 0 heterocycles. The smallest absolute Gasteiger partial charge is 0.145 e. The third kappa shape index (κ3) is 10.2. The number of carbonyl (C=O) groups is 1.